The van der Waals surface area contributed by atoms with Gasteiger partial charge in [0.15, 0.2) is 10.9 Å². The van der Waals surface area contributed by atoms with Crippen LogP contribution < -0.4 is 11.1 Å². The third-order valence-corrected chi connectivity index (χ3v) is 4.79. The second-order valence-electron chi connectivity index (χ2n) is 6.64. The zero-order chi connectivity index (χ0) is 17.3. The highest BCUT2D eigenvalue weighted by Crippen LogP contribution is 2.47. The molecule has 1 aliphatic carbocycles. The lowest BCUT2D eigenvalue weighted by molar-refractivity contribution is -0.154. The molecule has 23 heavy (non-hydrogen) atoms. The molecule has 0 unspecified atom stereocenters. The van der Waals surface area contributed by atoms with Gasteiger partial charge in [0.1, 0.15) is 21.2 Å². The van der Waals surface area contributed by atoms with Crippen LogP contribution in [-0.4, -0.2) is 33.8 Å². The van der Waals surface area contributed by atoms with Crippen molar-refractivity contribution in [3.05, 3.63) is 4.88 Å². The van der Waals surface area contributed by atoms with Crippen molar-refractivity contribution in [2.24, 2.45) is 0 Å². The molecule has 0 saturated heterocycles. The molecule has 1 aromatic heterocycles. The maximum absolute atomic E-state index is 12.2. The molecule has 1 fully saturated rings. The molecule has 2 rings (SSSR count). The van der Waals surface area contributed by atoms with Crippen LogP contribution >= 0.6 is 22.9 Å². The van der Waals surface area contributed by atoms with E-state index >= 15 is 0 Å². The predicted molar refractivity (Wildman–Crippen MR) is 92.2 cm³/mol. The Morgan fingerprint density at radius 2 is 2.09 bits per heavy atom. The van der Waals surface area contributed by atoms with E-state index in [-0.39, 0.29) is 17.6 Å². The number of alkyl halides is 1. The summed E-state index contributed by atoms with van der Waals surface area (Å²) in [5.74, 6) is -0.163. The molecule has 0 amide bonds. The first-order valence-corrected chi connectivity index (χ1v) is 8.76. The summed E-state index contributed by atoms with van der Waals surface area (Å²) in [4.78, 5) is 27.6. The quantitative estimate of drug-likeness (QED) is 0.336. The number of ether oxygens (including phenoxy) is 1. The van der Waals surface area contributed by atoms with Crippen molar-refractivity contribution in [2.45, 2.75) is 56.9 Å². The van der Waals surface area contributed by atoms with Crippen molar-refractivity contribution >= 4 is 45.6 Å². The number of hydrogen-bond acceptors (Lipinski definition) is 7. The van der Waals surface area contributed by atoms with Gasteiger partial charge in [-0.1, -0.05) is 11.3 Å². The molecule has 128 valence electrons. The first kappa shape index (κ1) is 18.0. The summed E-state index contributed by atoms with van der Waals surface area (Å²) >= 11 is 7.33. The van der Waals surface area contributed by atoms with Crippen LogP contribution in [0.5, 0.6) is 0 Å². The first-order valence-electron chi connectivity index (χ1n) is 7.56. The van der Waals surface area contributed by atoms with Crippen LogP contribution in [-0.2, 0) is 9.53 Å². The molecule has 0 aromatic carbocycles. The van der Waals surface area contributed by atoms with Crippen LogP contribution in [0.4, 0.5) is 10.9 Å². The van der Waals surface area contributed by atoms with E-state index in [4.69, 9.17) is 22.1 Å². The van der Waals surface area contributed by atoms with Crippen molar-refractivity contribution in [3.63, 3.8) is 0 Å². The van der Waals surface area contributed by atoms with E-state index in [0.29, 0.717) is 42.2 Å². The fraction of sp³-hybridized carbons (Fsp3) is 0.667. The normalized spacial score (nSPS) is 16.0. The second-order valence-corrected chi connectivity index (χ2v) is 8.37. The average Bonchev–Trinajstić information content (AvgIpc) is 3.06. The van der Waals surface area contributed by atoms with Crippen LogP contribution in [0.2, 0.25) is 0 Å². The van der Waals surface area contributed by atoms with Crippen LogP contribution in [0.1, 0.15) is 56.1 Å². The highest BCUT2D eigenvalue weighted by atomic mass is 35.5. The van der Waals surface area contributed by atoms with Gasteiger partial charge in [-0.05, 0) is 40.0 Å². The van der Waals surface area contributed by atoms with Gasteiger partial charge in [-0.2, -0.15) is 0 Å². The molecule has 0 spiro atoms. The summed E-state index contributed by atoms with van der Waals surface area (Å²) < 4.78 is 5.23. The molecule has 0 bridgehead atoms. The number of hydrogen-bond donors (Lipinski definition) is 2. The molecule has 1 aliphatic rings. The van der Waals surface area contributed by atoms with E-state index in [9.17, 15) is 9.59 Å². The summed E-state index contributed by atoms with van der Waals surface area (Å²) in [6.45, 7) is 6.06. The molecular formula is C15H22ClN3O3S. The molecule has 0 radical (unpaired) electrons. The number of nitrogens with zero attached hydrogens (tertiary/aromatic N) is 1. The van der Waals surface area contributed by atoms with Gasteiger partial charge in [-0.3, -0.25) is 9.59 Å². The number of thiazole rings is 1. The maximum Gasteiger partial charge on any atom is 0.306 e. The van der Waals surface area contributed by atoms with Crippen molar-refractivity contribution in [3.8, 4) is 0 Å². The van der Waals surface area contributed by atoms with E-state index in [1.807, 2.05) is 20.8 Å². The second kappa shape index (κ2) is 6.65. The number of carbonyl (C=O) groups excluding carboxylic acids is 2. The van der Waals surface area contributed by atoms with Gasteiger partial charge in [-0.15, -0.1) is 11.6 Å². The van der Waals surface area contributed by atoms with Gasteiger partial charge in [0.05, 0.1) is 0 Å². The zero-order valence-corrected chi connectivity index (χ0v) is 15.1. The highest BCUT2D eigenvalue weighted by Gasteiger charge is 2.49. The van der Waals surface area contributed by atoms with Crippen molar-refractivity contribution in [1.29, 1.82) is 0 Å². The Balaban J connectivity index is 1.79. The molecule has 3 N–H and O–H groups in total. The van der Waals surface area contributed by atoms with Gasteiger partial charge in [0, 0.05) is 13.0 Å². The number of rotatable bonds is 7. The molecule has 6 nitrogen and oxygen atoms in total. The smallest absolute Gasteiger partial charge is 0.306 e. The molecule has 8 heteroatoms. The number of nitrogen functional groups attached to an aromatic ring is 1. The Hall–Kier alpha value is -1.34. The molecule has 1 saturated carbocycles. The molecule has 0 aliphatic heterocycles. The molecular weight excluding hydrogens is 338 g/mol. The van der Waals surface area contributed by atoms with Gasteiger partial charge < -0.3 is 15.8 Å². The lowest BCUT2D eigenvalue weighted by atomic mass is 10.2. The minimum absolute atomic E-state index is 0.143. The number of ketones is 1. The van der Waals surface area contributed by atoms with E-state index in [1.54, 1.807) is 0 Å². The average molecular weight is 360 g/mol. The topological polar surface area (TPSA) is 94.3 Å². The zero-order valence-electron chi connectivity index (χ0n) is 13.6. The van der Waals surface area contributed by atoms with E-state index in [2.05, 4.69) is 10.3 Å². The Kier molecular flexibility index (Phi) is 5.20. The fourth-order valence-electron chi connectivity index (χ4n) is 1.93. The molecule has 1 heterocycles. The number of halogens is 1. The first-order chi connectivity index (χ1) is 10.6. The fourth-order valence-corrected chi connectivity index (χ4v) is 3.13. The summed E-state index contributed by atoms with van der Waals surface area (Å²) in [6, 6.07) is 0. The number of anilines is 2. The standard InChI is InChI=1S/C15H22ClN3O3S/c1-14(2,3)22-9(20)5-4-8-18-13-19-12(17)10(23-13)11(21)15(16)6-7-15/h4-8,17H2,1-3H3,(H,18,19). The Labute approximate surface area is 144 Å². The largest absolute Gasteiger partial charge is 0.460 e. The van der Waals surface area contributed by atoms with Gasteiger partial charge >= 0.3 is 5.97 Å². The summed E-state index contributed by atoms with van der Waals surface area (Å²) in [6.07, 6.45) is 2.30. The van der Waals surface area contributed by atoms with Crippen molar-refractivity contribution in [1.82, 2.24) is 4.98 Å². The third kappa shape index (κ3) is 5.07. The lowest BCUT2D eigenvalue weighted by Crippen LogP contribution is -2.24. The van der Waals surface area contributed by atoms with E-state index in [0.717, 1.165) is 0 Å². The number of nitrogens with two attached hydrogens (primary N) is 1. The van der Waals surface area contributed by atoms with Crippen molar-refractivity contribution in [2.75, 3.05) is 17.6 Å². The molecule has 0 atom stereocenters. The summed E-state index contributed by atoms with van der Waals surface area (Å²) in [5, 5.41) is 3.64. The van der Waals surface area contributed by atoms with Crippen LogP contribution in [0, 0.1) is 0 Å². The number of esters is 1. The minimum Gasteiger partial charge on any atom is -0.460 e. The van der Waals surface area contributed by atoms with Gasteiger partial charge in [0.2, 0.25) is 0 Å². The number of aromatic nitrogens is 1. The van der Waals surface area contributed by atoms with E-state index < -0.39 is 10.5 Å². The number of carbonyl (C=O) groups is 2. The SMILES string of the molecule is CC(C)(C)OC(=O)CCCNc1nc(N)c(C(=O)C2(Cl)CC2)s1. The monoisotopic (exact) mass is 359 g/mol. The van der Waals surface area contributed by atoms with Gasteiger partial charge in [0.25, 0.3) is 0 Å². The Bertz CT molecular complexity index is 606. The van der Waals surface area contributed by atoms with Crippen LogP contribution in [0.15, 0.2) is 0 Å². The van der Waals surface area contributed by atoms with Crippen LogP contribution in [0.25, 0.3) is 0 Å². The van der Waals surface area contributed by atoms with Gasteiger partial charge in [-0.25, -0.2) is 4.98 Å². The summed E-state index contributed by atoms with van der Waals surface area (Å²) in [5.41, 5.74) is 5.33. The molecule has 1 aromatic rings. The third-order valence-electron chi connectivity index (χ3n) is 3.21. The summed E-state index contributed by atoms with van der Waals surface area (Å²) in [7, 11) is 0. The highest BCUT2D eigenvalue weighted by molar-refractivity contribution is 7.18. The predicted octanol–water partition coefficient (Wildman–Crippen LogP) is 3.21. The number of nitrogens with one attached hydrogen (secondary N) is 1. The Morgan fingerprint density at radius 1 is 1.43 bits per heavy atom. The van der Waals surface area contributed by atoms with E-state index in [1.165, 1.54) is 11.3 Å². The number of Topliss-reactive ketones (excluding diaryl/α,β-unsaturated/α-hetero) is 1. The minimum atomic E-state index is -0.769. The van der Waals surface area contributed by atoms with Crippen LogP contribution in [0.3, 0.4) is 0 Å². The lowest BCUT2D eigenvalue weighted by Gasteiger charge is -2.19. The Morgan fingerprint density at radius 3 is 2.65 bits per heavy atom. The maximum atomic E-state index is 12.2. The van der Waals surface area contributed by atoms with Crippen molar-refractivity contribution < 1.29 is 14.3 Å².